The maximum Gasteiger partial charge on any atom is 0.340 e. The van der Waals surface area contributed by atoms with Crippen LogP contribution in [0.25, 0.3) is 0 Å². The highest BCUT2D eigenvalue weighted by Gasteiger charge is 2.21. The number of nitro benzene ring substituents is 1. The van der Waals surface area contributed by atoms with Crippen molar-refractivity contribution in [2.24, 2.45) is 0 Å². The molecule has 0 aliphatic rings. The van der Waals surface area contributed by atoms with Gasteiger partial charge in [0.1, 0.15) is 12.3 Å². The third kappa shape index (κ3) is 4.20. The molecule has 0 bridgehead atoms. The Morgan fingerprint density at radius 1 is 1.35 bits per heavy atom. The average Bonchev–Trinajstić information content (AvgIpc) is 2.40. The lowest BCUT2D eigenvalue weighted by molar-refractivity contribution is -0.384. The molecule has 0 aliphatic carbocycles. The normalized spacial score (nSPS) is 10.3. The molecule has 0 aliphatic heterocycles. The van der Waals surface area contributed by atoms with Crippen molar-refractivity contribution in [3.05, 3.63) is 33.4 Å². The summed E-state index contributed by atoms with van der Waals surface area (Å²) in [5.74, 6) is -0.686. The fraction of sp³-hybridized carbons (Fsp3) is 0.462. The van der Waals surface area contributed by atoms with Gasteiger partial charge in [-0.2, -0.15) is 0 Å². The number of nitrogens with zero attached hydrogens (tertiary/aromatic N) is 1. The summed E-state index contributed by atoms with van der Waals surface area (Å²) in [6.07, 6.45) is 0.880. The lowest BCUT2D eigenvalue weighted by atomic mass is 10.1. The quantitative estimate of drug-likeness (QED) is 0.270. The van der Waals surface area contributed by atoms with Crippen molar-refractivity contribution in [3.63, 3.8) is 0 Å². The Hall–Kier alpha value is -2.15. The van der Waals surface area contributed by atoms with Gasteiger partial charge in [-0.15, -0.1) is 0 Å². The number of carbonyl (C=O) groups is 1. The van der Waals surface area contributed by atoms with E-state index >= 15 is 0 Å². The Balaban J connectivity index is 2.75. The molecule has 0 amide bonds. The van der Waals surface area contributed by atoms with Crippen LogP contribution in [0.2, 0.25) is 0 Å². The number of hydrogen-bond acceptors (Lipinski definition) is 6. The summed E-state index contributed by atoms with van der Waals surface area (Å²) >= 11 is 0. The van der Waals surface area contributed by atoms with E-state index in [1.165, 1.54) is 12.1 Å². The third-order valence-corrected chi connectivity index (χ3v) is 2.53. The minimum atomic E-state index is -0.686. The SMILES string of the molecule is CCCOCCOC(=O)c1cc(C)cc([N+](=O)[O-])c1N. The molecule has 20 heavy (non-hydrogen) atoms. The van der Waals surface area contributed by atoms with Gasteiger partial charge >= 0.3 is 5.97 Å². The monoisotopic (exact) mass is 282 g/mol. The number of carbonyl (C=O) groups excluding carboxylic acids is 1. The lowest BCUT2D eigenvalue weighted by Gasteiger charge is -2.08. The Morgan fingerprint density at radius 2 is 2.05 bits per heavy atom. The molecule has 1 aromatic rings. The number of aryl methyl sites for hydroxylation is 1. The van der Waals surface area contributed by atoms with E-state index in [0.717, 1.165) is 6.42 Å². The minimum absolute atomic E-state index is 0.00666. The Kier molecular flexibility index (Phi) is 5.92. The number of rotatable bonds is 7. The maximum absolute atomic E-state index is 11.8. The maximum atomic E-state index is 11.8. The second-order valence-corrected chi connectivity index (χ2v) is 4.25. The van der Waals surface area contributed by atoms with Gasteiger partial charge in [0.15, 0.2) is 0 Å². The van der Waals surface area contributed by atoms with Gasteiger partial charge in [0, 0.05) is 12.7 Å². The third-order valence-electron chi connectivity index (χ3n) is 2.53. The molecule has 0 heterocycles. The molecule has 0 unspecified atom stereocenters. The molecule has 7 heteroatoms. The number of anilines is 1. The van der Waals surface area contributed by atoms with Gasteiger partial charge in [-0.25, -0.2) is 4.79 Å². The summed E-state index contributed by atoms with van der Waals surface area (Å²) in [6, 6.07) is 2.79. The van der Waals surface area contributed by atoms with Crippen LogP contribution in [-0.2, 0) is 9.47 Å². The molecule has 7 nitrogen and oxygen atoms in total. The molecule has 0 saturated heterocycles. The van der Waals surface area contributed by atoms with Crippen molar-refractivity contribution >= 4 is 17.3 Å². The lowest BCUT2D eigenvalue weighted by Crippen LogP contribution is -2.14. The van der Waals surface area contributed by atoms with E-state index in [4.69, 9.17) is 15.2 Å². The zero-order valence-corrected chi connectivity index (χ0v) is 11.5. The van der Waals surface area contributed by atoms with Crippen LogP contribution in [0.15, 0.2) is 12.1 Å². The van der Waals surface area contributed by atoms with Crippen LogP contribution in [0.4, 0.5) is 11.4 Å². The molecule has 1 rings (SSSR count). The van der Waals surface area contributed by atoms with Crippen molar-refractivity contribution < 1.29 is 19.2 Å². The number of hydrogen-bond donors (Lipinski definition) is 1. The molecule has 0 saturated carbocycles. The number of ether oxygens (including phenoxy) is 2. The Bertz CT molecular complexity index is 502. The predicted molar refractivity (Wildman–Crippen MR) is 73.6 cm³/mol. The van der Waals surface area contributed by atoms with E-state index in [1.807, 2.05) is 6.92 Å². The largest absolute Gasteiger partial charge is 0.460 e. The summed E-state index contributed by atoms with van der Waals surface area (Å²) in [6.45, 7) is 4.58. The molecule has 1 aromatic carbocycles. The Morgan fingerprint density at radius 3 is 2.65 bits per heavy atom. The van der Waals surface area contributed by atoms with Crippen molar-refractivity contribution in [2.45, 2.75) is 20.3 Å². The smallest absolute Gasteiger partial charge is 0.340 e. The minimum Gasteiger partial charge on any atom is -0.460 e. The van der Waals surface area contributed by atoms with Gasteiger partial charge in [0.25, 0.3) is 5.69 Å². The molecule has 2 N–H and O–H groups in total. The number of nitrogens with two attached hydrogens (primary N) is 1. The van der Waals surface area contributed by atoms with Crippen LogP contribution in [-0.4, -0.2) is 30.7 Å². The van der Waals surface area contributed by atoms with E-state index in [2.05, 4.69) is 0 Å². The van der Waals surface area contributed by atoms with Gasteiger partial charge in [-0.3, -0.25) is 10.1 Å². The fourth-order valence-electron chi connectivity index (χ4n) is 1.62. The van der Waals surface area contributed by atoms with Gasteiger partial charge in [-0.1, -0.05) is 6.92 Å². The average molecular weight is 282 g/mol. The summed E-state index contributed by atoms with van der Waals surface area (Å²) < 4.78 is 10.1. The van der Waals surface area contributed by atoms with Crippen LogP contribution in [0, 0.1) is 17.0 Å². The summed E-state index contributed by atoms with van der Waals surface area (Å²) in [5.41, 5.74) is 5.74. The van der Waals surface area contributed by atoms with Crippen LogP contribution in [0.5, 0.6) is 0 Å². The zero-order chi connectivity index (χ0) is 15.1. The highest BCUT2D eigenvalue weighted by molar-refractivity contribution is 5.97. The van der Waals surface area contributed by atoms with Gasteiger partial charge in [0.05, 0.1) is 17.1 Å². The first kappa shape index (κ1) is 15.9. The summed E-state index contributed by atoms with van der Waals surface area (Å²) in [5, 5.41) is 10.8. The number of benzene rings is 1. The van der Waals surface area contributed by atoms with Gasteiger partial charge < -0.3 is 15.2 Å². The topological polar surface area (TPSA) is 105 Å². The number of nitrogen functional groups attached to an aromatic ring is 1. The van der Waals surface area contributed by atoms with Crippen LogP contribution >= 0.6 is 0 Å². The predicted octanol–water partition coefficient (Wildman–Crippen LogP) is 2.07. The standard InChI is InChI=1S/C13H18N2O5/c1-3-4-19-5-6-20-13(16)10-7-9(2)8-11(12(10)14)15(17)18/h7-8H,3-6,14H2,1-2H3. The molecule has 110 valence electrons. The van der Waals surface area contributed by atoms with E-state index in [9.17, 15) is 14.9 Å². The second-order valence-electron chi connectivity index (χ2n) is 4.25. The van der Waals surface area contributed by atoms with E-state index < -0.39 is 10.9 Å². The van der Waals surface area contributed by atoms with Crippen LogP contribution < -0.4 is 5.73 Å². The molecule has 0 radical (unpaired) electrons. The zero-order valence-electron chi connectivity index (χ0n) is 11.5. The van der Waals surface area contributed by atoms with E-state index in [-0.39, 0.29) is 30.2 Å². The first-order valence-electron chi connectivity index (χ1n) is 6.26. The van der Waals surface area contributed by atoms with E-state index in [0.29, 0.717) is 12.2 Å². The summed E-state index contributed by atoms with van der Waals surface area (Å²) in [7, 11) is 0. The van der Waals surface area contributed by atoms with Gasteiger partial charge in [-0.05, 0) is 25.0 Å². The fourth-order valence-corrected chi connectivity index (χ4v) is 1.62. The molecule has 0 aromatic heterocycles. The molecular formula is C13H18N2O5. The van der Waals surface area contributed by atoms with Crippen LogP contribution in [0.3, 0.4) is 0 Å². The van der Waals surface area contributed by atoms with Gasteiger partial charge in [0.2, 0.25) is 0 Å². The van der Waals surface area contributed by atoms with Crippen LogP contribution in [0.1, 0.15) is 29.3 Å². The van der Waals surface area contributed by atoms with E-state index in [1.54, 1.807) is 6.92 Å². The van der Waals surface area contributed by atoms with Crippen molar-refractivity contribution in [1.29, 1.82) is 0 Å². The molecular weight excluding hydrogens is 264 g/mol. The Labute approximate surface area is 116 Å². The first-order valence-corrected chi connectivity index (χ1v) is 6.26. The number of esters is 1. The second kappa shape index (κ2) is 7.44. The van der Waals surface area contributed by atoms with Crippen molar-refractivity contribution in [3.8, 4) is 0 Å². The van der Waals surface area contributed by atoms with Crippen molar-refractivity contribution in [2.75, 3.05) is 25.6 Å². The molecule has 0 atom stereocenters. The van der Waals surface area contributed by atoms with Crippen molar-refractivity contribution in [1.82, 2.24) is 0 Å². The molecule has 0 fully saturated rings. The molecule has 0 spiro atoms. The summed E-state index contributed by atoms with van der Waals surface area (Å²) in [4.78, 5) is 22.1. The number of nitro groups is 1. The first-order chi connectivity index (χ1) is 9.47. The highest BCUT2D eigenvalue weighted by Crippen LogP contribution is 2.27. The highest BCUT2D eigenvalue weighted by atomic mass is 16.6.